The number of carbonyl (C=O) groups excluding carboxylic acids is 4. The van der Waals surface area contributed by atoms with Crippen molar-refractivity contribution in [2.75, 3.05) is 13.2 Å². The molecule has 3 rings (SSSR count). The lowest BCUT2D eigenvalue weighted by atomic mass is 10.1. The van der Waals surface area contributed by atoms with Crippen LogP contribution in [-0.2, 0) is 25.3 Å². The highest BCUT2D eigenvalue weighted by Crippen LogP contribution is 2.31. The number of hydrogen-bond donors (Lipinski definition) is 0. The molecule has 1 aliphatic rings. The smallest absolute Gasteiger partial charge is 0.416 e. The fourth-order valence-corrected chi connectivity index (χ4v) is 3.64. The van der Waals surface area contributed by atoms with Crippen molar-refractivity contribution in [3.63, 3.8) is 0 Å². The van der Waals surface area contributed by atoms with E-state index in [0.29, 0.717) is 11.4 Å². The summed E-state index contributed by atoms with van der Waals surface area (Å²) in [6.07, 6.45) is -4.49. The van der Waals surface area contributed by atoms with Crippen LogP contribution in [0, 0.1) is 13.8 Å². The quantitative estimate of drug-likeness (QED) is 0.367. The van der Waals surface area contributed by atoms with Gasteiger partial charge in [0.25, 0.3) is 0 Å². The van der Waals surface area contributed by atoms with E-state index >= 15 is 0 Å². The summed E-state index contributed by atoms with van der Waals surface area (Å²) in [5.74, 6) is -1.95. The maximum atomic E-state index is 13.0. The van der Waals surface area contributed by atoms with Crippen molar-refractivity contribution < 1.29 is 37.1 Å². The monoisotopic (exact) mass is 450 g/mol. The molecule has 1 fully saturated rings. The lowest BCUT2D eigenvalue weighted by Crippen LogP contribution is -2.31. The Kier molecular flexibility index (Phi) is 6.52. The Bertz CT molecular complexity index is 1070. The molecule has 0 spiro atoms. The molecule has 0 aliphatic carbocycles. The van der Waals surface area contributed by atoms with E-state index in [1.165, 1.54) is 22.8 Å². The number of Topliss-reactive ketones (excluding diaryl/α,β-unsaturated/α-hetero) is 1. The van der Waals surface area contributed by atoms with Crippen LogP contribution < -0.4 is 0 Å². The second-order valence-corrected chi connectivity index (χ2v) is 7.44. The number of carbonyl (C=O) groups is 4. The van der Waals surface area contributed by atoms with E-state index in [2.05, 4.69) is 0 Å². The van der Waals surface area contributed by atoms with E-state index in [-0.39, 0.29) is 48.9 Å². The largest absolute Gasteiger partial charge is 0.457 e. The van der Waals surface area contributed by atoms with Gasteiger partial charge < -0.3 is 9.30 Å². The molecule has 32 heavy (non-hydrogen) atoms. The number of alkyl halides is 3. The lowest BCUT2D eigenvalue weighted by Gasteiger charge is -2.13. The molecular weight excluding hydrogens is 429 g/mol. The third-order valence-corrected chi connectivity index (χ3v) is 5.22. The average molecular weight is 450 g/mol. The molecule has 0 bridgehead atoms. The Morgan fingerprint density at radius 3 is 2.34 bits per heavy atom. The predicted molar refractivity (Wildman–Crippen MR) is 106 cm³/mol. The van der Waals surface area contributed by atoms with Crippen molar-refractivity contribution in [2.45, 2.75) is 39.3 Å². The number of ketones is 1. The van der Waals surface area contributed by atoms with Gasteiger partial charge >= 0.3 is 12.1 Å². The number of aryl methyl sites for hydroxylation is 1. The zero-order valence-corrected chi connectivity index (χ0v) is 17.5. The first-order valence-electron chi connectivity index (χ1n) is 9.87. The van der Waals surface area contributed by atoms with Gasteiger partial charge in [-0.15, -0.1) is 0 Å². The van der Waals surface area contributed by atoms with E-state index in [4.69, 9.17) is 4.74 Å². The van der Waals surface area contributed by atoms with E-state index in [1.54, 1.807) is 13.8 Å². The van der Waals surface area contributed by atoms with Crippen molar-refractivity contribution in [3.8, 4) is 5.69 Å². The summed E-state index contributed by atoms with van der Waals surface area (Å²) in [5, 5.41) is 0. The molecule has 7 nitrogen and oxygen atoms in total. The van der Waals surface area contributed by atoms with Crippen LogP contribution in [0.2, 0.25) is 0 Å². The maximum absolute atomic E-state index is 13.0. The Morgan fingerprint density at radius 2 is 1.72 bits per heavy atom. The van der Waals surface area contributed by atoms with Crippen molar-refractivity contribution >= 4 is 23.6 Å². The van der Waals surface area contributed by atoms with Gasteiger partial charge in [0.2, 0.25) is 17.6 Å². The lowest BCUT2D eigenvalue weighted by molar-refractivity contribution is -0.144. The molecule has 2 aromatic rings. The number of aromatic nitrogens is 1. The Hall–Kier alpha value is -3.43. The van der Waals surface area contributed by atoms with Crippen molar-refractivity contribution in [2.24, 2.45) is 0 Å². The number of amides is 2. The molecular formula is C22H21F3N2O5. The molecule has 0 atom stereocenters. The number of rotatable bonds is 7. The highest BCUT2D eigenvalue weighted by molar-refractivity contribution is 6.02. The molecule has 2 heterocycles. The van der Waals surface area contributed by atoms with Crippen LogP contribution in [0.15, 0.2) is 30.3 Å². The molecule has 0 saturated carbocycles. The molecule has 10 heteroatoms. The topological polar surface area (TPSA) is 85.7 Å². The minimum atomic E-state index is -4.50. The van der Waals surface area contributed by atoms with Gasteiger partial charge in [0.15, 0.2) is 6.61 Å². The number of ether oxygens (including phenoxy) is 1. The second kappa shape index (κ2) is 8.97. The average Bonchev–Trinajstić information content (AvgIpc) is 3.21. The SMILES string of the molecule is Cc1cc(C(=O)COC(=O)CCN2C(=O)CCC2=O)c(C)n1-c1cccc(C(F)(F)F)c1. The molecule has 1 aliphatic heterocycles. The highest BCUT2D eigenvalue weighted by atomic mass is 19.4. The molecule has 0 radical (unpaired) electrons. The van der Waals surface area contributed by atoms with Crippen molar-refractivity contribution in [1.82, 2.24) is 9.47 Å². The zero-order valence-electron chi connectivity index (χ0n) is 17.5. The number of nitrogens with zero attached hydrogens (tertiary/aromatic N) is 2. The fourth-order valence-electron chi connectivity index (χ4n) is 3.64. The van der Waals surface area contributed by atoms with Crippen LogP contribution in [0.3, 0.4) is 0 Å². The summed E-state index contributed by atoms with van der Waals surface area (Å²) in [7, 11) is 0. The zero-order chi connectivity index (χ0) is 23.6. The molecule has 2 amide bonds. The summed E-state index contributed by atoms with van der Waals surface area (Å²) in [6, 6.07) is 6.27. The predicted octanol–water partition coefficient (Wildman–Crippen LogP) is 3.38. The number of esters is 1. The van der Waals surface area contributed by atoms with Gasteiger partial charge in [-0.3, -0.25) is 24.1 Å². The number of benzene rings is 1. The number of hydrogen-bond acceptors (Lipinski definition) is 5. The summed E-state index contributed by atoms with van der Waals surface area (Å²) in [5.41, 5.74) is 0.626. The minimum Gasteiger partial charge on any atom is -0.457 e. The molecule has 1 aromatic heterocycles. The van der Waals surface area contributed by atoms with Crippen LogP contribution >= 0.6 is 0 Å². The van der Waals surface area contributed by atoms with Crippen LogP contribution in [0.1, 0.15) is 46.6 Å². The Morgan fingerprint density at radius 1 is 1.06 bits per heavy atom. The third kappa shape index (κ3) is 4.90. The molecule has 1 saturated heterocycles. The molecule has 0 N–H and O–H groups in total. The van der Waals surface area contributed by atoms with Crippen LogP contribution in [0.5, 0.6) is 0 Å². The van der Waals surface area contributed by atoms with Crippen LogP contribution in [0.25, 0.3) is 5.69 Å². The minimum absolute atomic E-state index is 0.102. The standard InChI is InChI=1S/C22H21F3N2O5/c1-13-10-17(14(2)27(13)16-5-3-4-15(11-16)22(23,24)25)18(28)12-32-21(31)8-9-26-19(29)6-7-20(26)30/h3-5,10-11H,6-9,12H2,1-2H3. The summed E-state index contributed by atoms with van der Waals surface area (Å²) < 4.78 is 45.6. The Balaban J connectivity index is 1.66. The number of likely N-dealkylation sites (tertiary alicyclic amines) is 1. The normalized spacial score (nSPS) is 14.2. The van der Waals surface area contributed by atoms with E-state index in [0.717, 1.165) is 17.0 Å². The molecule has 1 aromatic carbocycles. The van der Waals surface area contributed by atoms with Gasteiger partial charge in [0.1, 0.15) is 0 Å². The van der Waals surface area contributed by atoms with Gasteiger partial charge in [-0.1, -0.05) is 6.07 Å². The molecule has 0 unspecified atom stereocenters. The number of halogens is 3. The second-order valence-electron chi connectivity index (χ2n) is 7.44. The van der Waals surface area contributed by atoms with E-state index < -0.39 is 30.1 Å². The first-order chi connectivity index (χ1) is 15.0. The summed E-state index contributed by atoms with van der Waals surface area (Å²) >= 11 is 0. The molecule has 170 valence electrons. The van der Waals surface area contributed by atoms with Gasteiger partial charge in [0, 0.05) is 42.0 Å². The van der Waals surface area contributed by atoms with Gasteiger partial charge in [-0.25, -0.2) is 0 Å². The fraction of sp³-hybridized carbons (Fsp3) is 0.364. The first-order valence-corrected chi connectivity index (χ1v) is 9.87. The summed E-state index contributed by atoms with van der Waals surface area (Å²) in [4.78, 5) is 48.6. The van der Waals surface area contributed by atoms with E-state index in [1.807, 2.05) is 0 Å². The van der Waals surface area contributed by atoms with Gasteiger partial charge in [-0.2, -0.15) is 13.2 Å². The van der Waals surface area contributed by atoms with Crippen molar-refractivity contribution in [3.05, 3.63) is 52.8 Å². The first kappa shape index (κ1) is 23.2. The van der Waals surface area contributed by atoms with Crippen LogP contribution in [0.4, 0.5) is 13.2 Å². The van der Waals surface area contributed by atoms with Crippen molar-refractivity contribution in [1.29, 1.82) is 0 Å². The summed E-state index contributed by atoms with van der Waals surface area (Å²) in [6.45, 7) is 2.58. The van der Waals surface area contributed by atoms with Crippen LogP contribution in [-0.4, -0.2) is 46.2 Å². The van der Waals surface area contributed by atoms with Gasteiger partial charge in [0.05, 0.1) is 12.0 Å². The van der Waals surface area contributed by atoms with Gasteiger partial charge in [-0.05, 0) is 38.1 Å². The van der Waals surface area contributed by atoms with E-state index in [9.17, 15) is 32.3 Å². The third-order valence-electron chi connectivity index (χ3n) is 5.22. The highest BCUT2D eigenvalue weighted by Gasteiger charge is 2.31. The maximum Gasteiger partial charge on any atom is 0.416 e. The Labute approximate surface area is 181 Å². The number of imide groups is 1.